The second-order valence-electron chi connectivity index (χ2n) is 13.9. The quantitative estimate of drug-likeness (QED) is 0.232. The normalized spacial score (nSPS) is 27.8. The fraction of sp³-hybridized carbons (Fsp3) is 0.514. The van der Waals surface area contributed by atoms with Gasteiger partial charge in [0.1, 0.15) is 11.2 Å². The highest BCUT2D eigenvalue weighted by molar-refractivity contribution is 5.99. The van der Waals surface area contributed by atoms with Crippen LogP contribution in [0, 0.1) is 17.8 Å². The standard InChI is InChI=1S/C19H23NO2.C9H18N2.C8H6O.CO2.ClH/c1-19(2)16(13-5-8-20(19)9-6-13)12-17(21)15-4-3-14-7-10-22-18(14)11-15;1-9(2)8(10)7-3-5-11(9)6-4-7;1-2-4-8-7(3-1)5-6-9-8;2-1-3;/h3-4,7,10-11,13,16H,5-6,8-9,12H2,1-2H3;7-8H,3-6,10H2,1-2H3;1-6H;;1H/t16-;8-;;;/m11.../s1. The Hall–Kier alpha value is -3.26. The lowest BCUT2D eigenvalue weighted by Crippen LogP contribution is -2.67. The Balaban J connectivity index is 0.000000167. The van der Waals surface area contributed by atoms with Crippen molar-refractivity contribution in [3.8, 4) is 0 Å². The Morgan fingerprint density at radius 3 is 1.83 bits per heavy atom. The van der Waals surface area contributed by atoms with Gasteiger partial charge in [0.15, 0.2) is 5.78 Å². The van der Waals surface area contributed by atoms with E-state index < -0.39 is 0 Å². The maximum atomic E-state index is 12.8. The first-order chi connectivity index (χ1) is 21.6. The van der Waals surface area contributed by atoms with Gasteiger partial charge in [0.2, 0.25) is 0 Å². The highest BCUT2D eigenvalue weighted by Crippen LogP contribution is 2.45. The number of nitrogens with two attached hydrogens (primary N) is 1. The number of rotatable bonds is 3. The zero-order valence-corrected chi connectivity index (χ0v) is 28.3. The van der Waals surface area contributed by atoms with Crippen LogP contribution < -0.4 is 5.73 Å². The van der Waals surface area contributed by atoms with Gasteiger partial charge >= 0.3 is 6.15 Å². The number of fused-ring (bicyclic) bond motifs is 8. The average molecular weight is 650 g/mol. The first kappa shape index (κ1) is 35.6. The molecule has 4 bridgehead atoms. The monoisotopic (exact) mass is 649 g/mol. The number of furan rings is 2. The molecule has 0 spiro atoms. The molecule has 8 nitrogen and oxygen atoms in total. The zero-order valence-electron chi connectivity index (χ0n) is 27.4. The van der Waals surface area contributed by atoms with Gasteiger partial charge in [-0.1, -0.05) is 30.3 Å². The predicted octanol–water partition coefficient (Wildman–Crippen LogP) is 7.22. The maximum absolute atomic E-state index is 12.8. The second kappa shape index (κ2) is 15.1. The lowest BCUT2D eigenvalue weighted by Gasteiger charge is -2.56. The molecule has 2 aromatic heterocycles. The SMILES string of the molecule is CC1(C)[C@H](CC(=O)c2ccc3ccoc3c2)C2CCN1CC2.CC1(C)[C@H](N)C2CCN1CC2.Cl.O=C=O.c1ccc2occc2c1. The summed E-state index contributed by atoms with van der Waals surface area (Å²) in [4.78, 5) is 34.1. The molecule has 6 fully saturated rings. The van der Waals surface area contributed by atoms with Crippen molar-refractivity contribution in [2.45, 2.75) is 76.9 Å². The van der Waals surface area contributed by atoms with Gasteiger partial charge in [0.05, 0.1) is 12.5 Å². The molecule has 6 aliphatic rings. The van der Waals surface area contributed by atoms with Crippen molar-refractivity contribution in [2.75, 3.05) is 26.2 Å². The number of piperidine rings is 6. The van der Waals surface area contributed by atoms with E-state index in [0.717, 1.165) is 33.4 Å². The van der Waals surface area contributed by atoms with E-state index in [2.05, 4.69) is 37.5 Å². The summed E-state index contributed by atoms with van der Waals surface area (Å²) in [6.45, 7) is 14.1. The Morgan fingerprint density at radius 1 is 0.783 bits per heavy atom. The van der Waals surface area contributed by atoms with Crippen molar-refractivity contribution in [2.24, 2.45) is 23.5 Å². The third-order valence-corrected chi connectivity index (χ3v) is 11.1. The number of carbonyl (C=O) groups is 1. The topological polar surface area (TPSA) is 110 Å². The van der Waals surface area contributed by atoms with Crippen molar-refractivity contribution in [1.82, 2.24) is 9.80 Å². The number of ketones is 1. The fourth-order valence-electron chi connectivity index (χ4n) is 8.08. The van der Waals surface area contributed by atoms with E-state index >= 15 is 0 Å². The number of carbonyl (C=O) groups excluding carboxylic acids is 3. The van der Waals surface area contributed by atoms with E-state index in [1.54, 1.807) is 12.5 Å². The van der Waals surface area contributed by atoms with Crippen molar-refractivity contribution in [3.05, 3.63) is 72.7 Å². The summed E-state index contributed by atoms with van der Waals surface area (Å²) >= 11 is 0. The number of nitrogens with zero attached hydrogens (tertiary/aromatic N) is 2. The minimum atomic E-state index is 0. The maximum Gasteiger partial charge on any atom is 0.373 e. The largest absolute Gasteiger partial charge is 0.464 e. The minimum absolute atomic E-state index is 0. The number of para-hydroxylation sites is 1. The lowest BCUT2D eigenvalue weighted by atomic mass is 9.65. The van der Waals surface area contributed by atoms with Gasteiger partial charge in [0.25, 0.3) is 0 Å². The molecule has 46 heavy (non-hydrogen) atoms. The first-order valence-electron chi connectivity index (χ1n) is 16.2. The van der Waals surface area contributed by atoms with Gasteiger partial charge in [-0.3, -0.25) is 14.6 Å². The van der Waals surface area contributed by atoms with Crippen molar-refractivity contribution in [3.63, 3.8) is 0 Å². The first-order valence-corrected chi connectivity index (χ1v) is 16.2. The van der Waals surface area contributed by atoms with Gasteiger partial charge in [0, 0.05) is 39.9 Å². The van der Waals surface area contributed by atoms with Gasteiger partial charge in [-0.05, 0) is 122 Å². The van der Waals surface area contributed by atoms with E-state index in [9.17, 15) is 4.79 Å². The number of halogens is 1. The van der Waals surface area contributed by atoms with Gasteiger partial charge in [-0.25, -0.2) is 0 Å². The molecule has 0 saturated carbocycles. The van der Waals surface area contributed by atoms with Gasteiger partial charge in [-0.15, -0.1) is 12.4 Å². The zero-order chi connectivity index (χ0) is 32.2. The second-order valence-corrected chi connectivity index (χ2v) is 13.9. The highest BCUT2D eigenvalue weighted by atomic mass is 35.5. The van der Waals surface area contributed by atoms with E-state index in [4.69, 9.17) is 24.2 Å². The van der Waals surface area contributed by atoms with Crippen molar-refractivity contribution < 1.29 is 23.2 Å². The smallest absolute Gasteiger partial charge is 0.373 e. The number of hydrogen-bond donors (Lipinski definition) is 1. The van der Waals surface area contributed by atoms with Crippen LogP contribution in [0.3, 0.4) is 0 Å². The summed E-state index contributed by atoms with van der Waals surface area (Å²) in [6, 6.07) is 18.0. The third kappa shape index (κ3) is 7.48. The summed E-state index contributed by atoms with van der Waals surface area (Å²) in [5.74, 6) is 2.23. The molecule has 0 radical (unpaired) electrons. The predicted molar refractivity (Wildman–Crippen MR) is 182 cm³/mol. The van der Waals surface area contributed by atoms with Crippen LogP contribution in [0.1, 0.15) is 70.2 Å². The molecule has 248 valence electrons. The highest BCUT2D eigenvalue weighted by Gasteiger charge is 2.48. The molecule has 6 aliphatic heterocycles. The number of hydrogen-bond acceptors (Lipinski definition) is 8. The number of benzene rings is 2. The Labute approximate surface area is 278 Å². The molecule has 9 heteroatoms. The van der Waals surface area contributed by atoms with E-state index in [-0.39, 0.29) is 35.4 Å². The Bertz CT molecular complexity index is 1570. The lowest BCUT2D eigenvalue weighted by molar-refractivity contribution is -0.191. The van der Waals surface area contributed by atoms with E-state index in [1.807, 2.05) is 54.6 Å². The van der Waals surface area contributed by atoms with Crippen LogP contribution in [0.5, 0.6) is 0 Å². The molecule has 0 aliphatic carbocycles. The van der Waals surface area contributed by atoms with Gasteiger partial charge in [-0.2, -0.15) is 9.59 Å². The molecular formula is C37H48ClN3O5. The molecule has 0 unspecified atom stereocenters. The molecule has 2 N–H and O–H groups in total. The molecule has 0 amide bonds. The Kier molecular flexibility index (Phi) is 11.7. The summed E-state index contributed by atoms with van der Waals surface area (Å²) in [7, 11) is 0. The molecule has 2 aromatic carbocycles. The van der Waals surface area contributed by atoms with Crippen molar-refractivity contribution >= 4 is 46.3 Å². The molecular weight excluding hydrogens is 602 g/mol. The third-order valence-electron chi connectivity index (χ3n) is 11.1. The molecule has 4 aromatic rings. The van der Waals surface area contributed by atoms with E-state index in [0.29, 0.717) is 24.3 Å². The van der Waals surface area contributed by atoms with Crippen LogP contribution >= 0.6 is 12.4 Å². The summed E-state index contributed by atoms with van der Waals surface area (Å²) in [6.07, 6.45) is 9.42. The molecule has 10 rings (SSSR count). The van der Waals surface area contributed by atoms with E-state index in [1.165, 1.54) is 51.9 Å². The van der Waals surface area contributed by atoms with Crippen molar-refractivity contribution in [1.29, 1.82) is 0 Å². The summed E-state index contributed by atoms with van der Waals surface area (Å²) in [5, 5.41) is 2.22. The summed E-state index contributed by atoms with van der Waals surface area (Å²) in [5.41, 5.74) is 9.11. The van der Waals surface area contributed by atoms with Crippen LogP contribution in [0.15, 0.2) is 76.0 Å². The fourth-order valence-corrected chi connectivity index (χ4v) is 8.08. The molecule has 2 atom stereocenters. The average Bonchev–Trinajstić information content (AvgIpc) is 3.72. The molecule has 6 saturated heterocycles. The molecule has 8 heterocycles. The van der Waals surface area contributed by atoms with Crippen LogP contribution in [-0.2, 0) is 9.59 Å². The van der Waals surface area contributed by atoms with Crippen LogP contribution in [0.2, 0.25) is 0 Å². The summed E-state index contributed by atoms with van der Waals surface area (Å²) < 4.78 is 10.5. The van der Waals surface area contributed by atoms with Crippen LogP contribution in [0.4, 0.5) is 0 Å². The van der Waals surface area contributed by atoms with Crippen LogP contribution in [-0.4, -0.2) is 65.0 Å². The van der Waals surface area contributed by atoms with Gasteiger partial charge < -0.3 is 14.6 Å². The minimum Gasteiger partial charge on any atom is -0.464 e. The van der Waals surface area contributed by atoms with Crippen LogP contribution in [0.25, 0.3) is 21.9 Å². The Morgan fingerprint density at radius 2 is 1.30 bits per heavy atom. The number of Topliss-reactive ketones (excluding diaryl/α,β-unsaturated/α-hetero) is 1.